The number of aromatic amines is 1. The summed E-state index contributed by atoms with van der Waals surface area (Å²) in [5.41, 5.74) is 2.72. The van der Waals surface area contributed by atoms with E-state index in [0.29, 0.717) is 18.7 Å². The van der Waals surface area contributed by atoms with Crippen LogP contribution in [0.2, 0.25) is 0 Å². The number of rotatable bonds is 5. The molecule has 3 aromatic rings. The molecule has 3 heterocycles. The number of aryl methyl sites for hydroxylation is 1. The van der Waals surface area contributed by atoms with E-state index in [1.165, 1.54) is 0 Å². The van der Waals surface area contributed by atoms with Gasteiger partial charge in [-0.15, -0.1) is 0 Å². The number of pyridine rings is 1. The van der Waals surface area contributed by atoms with Crippen LogP contribution < -0.4 is 14.8 Å². The van der Waals surface area contributed by atoms with Crippen molar-refractivity contribution in [2.45, 2.75) is 12.8 Å². The van der Waals surface area contributed by atoms with Crippen LogP contribution in [-0.2, 0) is 11.2 Å². The van der Waals surface area contributed by atoms with E-state index >= 15 is 0 Å². The van der Waals surface area contributed by atoms with Crippen molar-refractivity contribution in [1.82, 2.24) is 15.2 Å². The first kappa shape index (κ1) is 15.2. The van der Waals surface area contributed by atoms with Gasteiger partial charge in [0.25, 0.3) is 0 Å². The van der Waals surface area contributed by atoms with E-state index < -0.39 is 0 Å². The number of hydrogen-bond donors (Lipinski definition) is 2. The third kappa shape index (κ3) is 3.45. The average molecular weight is 336 g/mol. The fraction of sp³-hybridized carbons (Fsp3) is 0.167. The fourth-order valence-corrected chi connectivity index (χ4v) is 2.62. The first-order valence-electron chi connectivity index (χ1n) is 7.92. The Morgan fingerprint density at radius 1 is 1.12 bits per heavy atom. The number of carbonyl (C=O) groups excluding carboxylic acids is 1. The zero-order chi connectivity index (χ0) is 17.1. The molecule has 0 bridgehead atoms. The van der Waals surface area contributed by atoms with Crippen molar-refractivity contribution in [1.29, 1.82) is 0 Å². The first-order chi connectivity index (χ1) is 12.3. The van der Waals surface area contributed by atoms with Gasteiger partial charge in [-0.3, -0.25) is 14.9 Å². The average Bonchev–Trinajstić information content (AvgIpc) is 3.29. The minimum absolute atomic E-state index is 0.0809. The quantitative estimate of drug-likeness (QED) is 0.748. The lowest BCUT2D eigenvalue weighted by atomic mass is 10.1. The monoisotopic (exact) mass is 336 g/mol. The van der Waals surface area contributed by atoms with Crippen LogP contribution in [0.1, 0.15) is 12.0 Å². The van der Waals surface area contributed by atoms with E-state index in [1.807, 2.05) is 30.3 Å². The Kier molecular flexibility index (Phi) is 4.04. The predicted molar refractivity (Wildman–Crippen MR) is 91.3 cm³/mol. The molecule has 0 fully saturated rings. The molecule has 0 saturated heterocycles. The SMILES string of the molecule is O=C(CCc1ccc2c(c1)OCO2)Nc1cc(-c2ccncc2)n[nH]1. The molecule has 2 N–H and O–H groups in total. The lowest BCUT2D eigenvalue weighted by molar-refractivity contribution is -0.116. The van der Waals surface area contributed by atoms with Gasteiger partial charge in [0.1, 0.15) is 5.82 Å². The molecule has 1 amide bonds. The van der Waals surface area contributed by atoms with Gasteiger partial charge in [-0.2, -0.15) is 5.10 Å². The molecule has 126 valence electrons. The number of hydrogen-bond acceptors (Lipinski definition) is 5. The number of carbonyl (C=O) groups is 1. The molecule has 4 rings (SSSR count). The summed E-state index contributed by atoms with van der Waals surface area (Å²) < 4.78 is 10.6. The fourth-order valence-electron chi connectivity index (χ4n) is 2.62. The highest BCUT2D eigenvalue weighted by Crippen LogP contribution is 2.32. The summed E-state index contributed by atoms with van der Waals surface area (Å²) in [5.74, 6) is 1.97. The standard InChI is InChI=1S/C18H16N4O3/c23-18(4-2-12-1-3-15-16(9-12)25-11-24-15)20-17-10-14(21-22-17)13-5-7-19-8-6-13/h1,3,5-10H,2,4,11H2,(H2,20,21,22,23). The second-order valence-electron chi connectivity index (χ2n) is 5.64. The number of benzene rings is 1. The summed E-state index contributed by atoms with van der Waals surface area (Å²) in [6, 6.07) is 11.2. The minimum Gasteiger partial charge on any atom is -0.454 e. The molecule has 25 heavy (non-hydrogen) atoms. The van der Waals surface area contributed by atoms with Crippen molar-refractivity contribution in [3.8, 4) is 22.8 Å². The van der Waals surface area contributed by atoms with E-state index in [9.17, 15) is 4.79 Å². The zero-order valence-corrected chi connectivity index (χ0v) is 13.4. The van der Waals surface area contributed by atoms with Crippen molar-refractivity contribution < 1.29 is 14.3 Å². The van der Waals surface area contributed by atoms with Crippen LogP contribution in [0.15, 0.2) is 48.8 Å². The molecule has 7 heteroatoms. The molecule has 0 atom stereocenters. The molecule has 0 saturated carbocycles. The number of aromatic nitrogens is 3. The molecule has 1 aromatic carbocycles. The number of ether oxygens (including phenoxy) is 2. The van der Waals surface area contributed by atoms with Crippen molar-refractivity contribution in [2.75, 3.05) is 12.1 Å². The Bertz CT molecular complexity index is 892. The second-order valence-corrected chi connectivity index (χ2v) is 5.64. The van der Waals surface area contributed by atoms with Crippen LogP contribution in [0.25, 0.3) is 11.3 Å². The second kappa shape index (κ2) is 6.64. The summed E-state index contributed by atoms with van der Waals surface area (Å²) in [6.45, 7) is 0.249. The van der Waals surface area contributed by atoms with Gasteiger partial charge in [-0.1, -0.05) is 6.07 Å². The molecule has 0 radical (unpaired) electrons. The van der Waals surface area contributed by atoms with E-state index in [2.05, 4.69) is 20.5 Å². The smallest absolute Gasteiger partial charge is 0.231 e. The van der Waals surface area contributed by atoms with Crippen molar-refractivity contribution in [2.24, 2.45) is 0 Å². The zero-order valence-electron chi connectivity index (χ0n) is 13.4. The maximum atomic E-state index is 12.1. The molecular formula is C18H16N4O3. The van der Waals surface area contributed by atoms with Crippen LogP contribution in [0.4, 0.5) is 5.82 Å². The van der Waals surface area contributed by atoms with Crippen LogP contribution in [0.5, 0.6) is 11.5 Å². The van der Waals surface area contributed by atoms with Gasteiger partial charge >= 0.3 is 0 Å². The lowest BCUT2D eigenvalue weighted by Crippen LogP contribution is -2.12. The van der Waals surface area contributed by atoms with Crippen LogP contribution in [0, 0.1) is 0 Å². The van der Waals surface area contributed by atoms with Gasteiger partial charge in [-0.05, 0) is 36.2 Å². The van der Waals surface area contributed by atoms with Crippen molar-refractivity contribution in [3.63, 3.8) is 0 Å². The van der Waals surface area contributed by atoms with Gasteiger partial charge in [0.15, 0.2) is 11.5 Å². The molecule has 0 aliphatic carbocycles. The Balaban J connectivity index is 1.34. The van der Waals surface area contributed by atoms with Gasteiger partial charge < -0.3 is 14.8 Å². The van der Waals surface area contributed by atoms with Crippen LogP contribution in [0.3, 0.4) is 0 Å². The highest BCUT2D eigenvalue weighted by atomic mass is 16.7. The predicted octanol–water partition coefficient (Wildman–Crippen LogP) is 2.77. The Morgan fingerprint density at radius 2 is 1.96 bits per heavy atom. The first-order valence-corrected chi connectivity index (χ1v) is 7.92. The number of amides is 1. The minimum atomic E-state index is -0.0809. The third-order valence-electron chi connectivity index (χ3n) is 3.91. The largest absolute Gasteiger partial charge is 0.454 e. The van der Waals surface area contributed by atoms with E-state index in [4.69, 9.17) is 9.47 Å². The molecule has 1 aliphatic heterocycles. The molecule has 0 unspecified atom stereocenters. The van der Waals surface area contributed by atoms with Gasteiger partial charge in [0.2, 0.25) is 12.7 Å². The van der Waals surface area contributed by atoms with Gasteiger partial charge in [0, 0.05) is 30.4 Å². The van der Waals surface area contributed by atoms with E-state index in [0.717, 1.165) is 28.3 Å². The molecule has 0 spiro atoms. The summed E-state index contributed by atoms with van der Waals surface area (Å²) in [5, 5.41) is 9.85. The number of anilines is 1. The lowest BCUT2D eigenvalue weighted by Gasteiger charge is -2.04. The van der Waals surface area contributed by atoms with E-state index in [-0.39, 0.29) is 12.7 Å². The number of nitrogens with one attached hydrogen (secondary N) is 2. The van der Waals surface area contributed by atoms with Gasteiger partial charge in [-0.25, -0.2) is 0 Å². The van der Waals surface area contributed by atoms with E-state index in [1.54, 1.807) is 18.5 Å². The highest BCUT2D eigenvalue weighted by molar-refractivity contribution is 5.90. The topological polar surface area (TPSA) is 89.1 Å². The van der Waals surface area contributed by atoms with Crippen molar-refractivity contribution >= 4 is 11.7 Å². The van der Waals surface area contributed by atoms with Crippen LogP contribution >= 0.6 is 0 Å². The highest BCUT2D eigenvalue weighted by Gasteiger charge is 2.14. The number of nitrogens with zero attached hydrogens (tertiary/aromatic N) is 2. The molecule has 2 aromatic heterocycles. The summed E-state index contributed by atoms with van der Waals surface area (Å²) in [7, 11) is 0. The summed E-state index contributed by atoms with van der Waals surface area (Å²) in [6.07, 6.45) is 4.39. The maximum Gasteiger partial charge on any atom is 0.231 e. The molecular weight excluding hydrogens is 320 g/mol. The Morgan fingerprint density at radius 3 is 2.84 bits per heavy atom. The Hall–Kier alpha value is -3.35. The maximum absolute atomic E-state index is 12.1. The third-order valence-corrected chi connectivity index (χ3v) is 3.91. The van der Waals surface area contributed by atoms with Crippen LogP contribution in [-0.4, -0.2) is 27.9 Å². The number of H-pyrrole nitrogens is 1. The summed E-state index contributed by atoms with van der Waals surface area (Å²) in [4.78, 5) is 16.1. The normalized spacial score (nSPS) is 12.2. The molecule has 7 nitrogen and oxygen atoms in total. The van der Waals surface area contributed by atoms with Crippen molar-refractivity contribution in [3.05, 3.63) is 54.4 Å². The number of fused-ring (bicyclic) bond motifs is 1. The van der Waals surface area contributed by atoms with Gasteiger partial charge in [0.05, 0.1) is 5.69 Å². The molecule has 1 aliphatic rings. The summed E-state index contributed by atoms with van der Waals surface area (Å²) >= 11 is 0. The Labute approximate surface area is 144 Å².